The topological polar surface area (TPSA) is 21.3 Å². The first-order valence-corrected chi connectivity index (χ1v) is 8.27. The van der Waals surface area contributed by atoms with E-state index in [1.807, 2.05) is 6.07 Å². The lowest BCUT2D eigenvalue weighted by atomic mass is 9.99. The van der Waals surface area contributed by atoms with Crippen molar-refractivity contribution in [2.45, 2.75) is 51.2 Å². The number of ether oxygens (including phenoxy) is 1. The summed E-state index contributed by atoms with van der Waals surface area (Å²) in [5.74, 6) is -0.121. The molecule has 112 valence electrons. The number of hydrogen-bond acceptors (Lipinski definition) is 2. The number of hydrogen-bond donors (Lipinski definition) is 1. The van der Waals surface area contributed by atoms with Crippen molar-refractivity contribution in [2.75, 3.05) is 13.2 Å². The van der Waals surface area contributed by atoms with Crippen molar-refractivity contribution < 1.29 is 9.13 Å². The molecule has 1 fully saturated rings. The van der Waals surface area contributed by atoms with E-state index in [9.17, 15) is 4.39 Å². The molecular formula is C16H23BrFNO. The minimum absolute atomic E-state index is 0.121. The second-order valence-corrected chi connectivity index (χ2v) is 6.38. The Morgan fingerprint density at radius 1 is 1.50 bits per heavy atom. The van der Waals surface area contributed by atoms with Gasteiger partial charge in [-0.15, -0.1) is 0 Å². The number of nitrogens with one attached hydrogen (secondary N) is 1. The Labute approximate surface area is 129 Å². The van der Waals surface area contributed by atoms with Crippen LogP contribution in [0.25, 0.3) is 0 Å². The second-order valence-electron chi connectivity index (χ2n) is 5.46. The molecule has 4 heteroatoms. The van der Waals surface area contributed by atoms with Crippen molar-refractivity contribution in [2.24, 2.45) is 0 Å². The van der Waals surface area contributed by atoms with Crippen LogP contribution in [-0.4, -0.2) is 25.3 Å². The molecule has 2 atom stereocenters. The van der Waals surface area contributed by atoms with Crippen molar-refractivity contribution in [3.05, 3.63) is 34.1 Å². The van der Waals surface area contributed by atoms with Gasteiger partial charge in [-0.2, -0.15) is 0 Å². The molecule has 0 aromatic heterocycles. The third-order valence-corrected chi connectivity index (χ3v) is 4.22. The highest BCUT2D eigenvalue weighted by atomic mass is 79.9. The van der Waals surface area contributed by atoms with Gasteiger partial charge in [-0.3, -0.25) is 0 Å². The van der Waals surface area contributed by atoms with E-state index in [4.69, 9.17) is 4.74 Å². The van der Waals surface area contributed by atoms with E-state index in [0.717, 1.165) is 48.9 Å². The van der Waals surface area contributed by atoms with Crippen molar-refractivity contribution in [1.82, 2.24) is 5.32 Å². The summed E-state index contributed by atoms with van der Waals surface area (Å²) < 4.78 is 20.5. The fourth-order valence-electron chi connectivity index (χ4n) is 2.70. The van der Waals surface area contributed by atoms with Crippen LogP contribution in [0.1, 0.15) is 38.2 Å². The third-order valence-electron chi connectivity index (χ3n) is 3.73. The molecular weight excluding hydrogens is 321 g/mol. The molecule has 2 unspecified atom stereocenters. The van der Waals surface area contributed by atoms with E-state index in [2.05, 4.69) is 28.2 Å². The largest absolute Gasteiger partial charge is 0.378 e. The number of halogens is 2. The first-order chi connectivity index (χ1) is 9.69. The second kappa shape index (κ2) is 8.11. The average Bonchev–Trinajstić information content (AvgIpc) is 2.93. The lowest BCUT2D eigenvalue weighted by molar-refractivity contribution is 0.0945. The average molecular weight is 344 g/mol. The summed E-state index contributed by atoms with van der Waals surface area (Å²) in [6, 6.07) is 5.43. The van der Waals surface area contributed by atoms with Gasteiger partial charge in [-0.25, -0.2) is 4.39 Å². The SMILES string of the molecule is CCCNC(Cc1cc(Br)ccc1F)CC1CCCO1. The minimum atomic E-state index is -0.121. The molecule has 0 radical (unpaired) electrons. The van der Waals surface area contributed by atoms with Crippen LogP contribution in [0.3, 0.4) is 0 Å². The summed E-state index contributed by atoms with van der Waals surface area (Å²) >= 11 is 3.42. The van der Waals surface area contributed by atoms with Gasteiger partial charge in [0, 0.05) is 17.1 Å². The zero-order valence-corrected chi connectivity index (χ0v) is 13.6. The zero-order valence-electron chi connectivity index (χ0n) is 12.0. The summed E-state index contributed by atoms with van der Waals surface area (Å²) in [5.41, 5.74) is 0.769. The molecule has 1 aliphatic heterocycles. The maximum atomic E-state index is 13.9. The third kappa shape index (κ3) is 4.83. The molecule has 1 aromatic carbocycles. The van der Waals surface area contributed by atoms with Gasteiger partial charge in [-0.1, -0.05) is 22.9 Å². The standard InChI is InChI=1S/C16H23BrFNO/c1-2-7-19-14(11-15-4-3-8-20-15)10-12-9-13(17)5-6-16(12)18/h5-6,9,14-15,19H,2-4,7-8,10-11H2,1H3. The molecule has 2 rings (SSSR count). The summed E-state index contributed by atoms with van der Waals surface area (Å²) in [5, 5.41) is 3.53. The molecule has 1 heterocycles. The van der Waals surface area contributed by atoms with E-state index >= 15 is 0 Å². The van der Waals surface area contributed by atoms with E-state index < -0.39 is 0 Å². The van der Waals surface area contributed by atoms with Crippen molar-refractivity contribution in [1.29, 1.82) is 0 Å². The molecule has 1 saturated heterocycles. The molecule has 1 N–H and O–H groups in total. The lowest BCUT2D eigenvalue weighted by Gasteiger charge is -2.22. The quantitative estimate of drug-likeness (QED) is 0.805. The normalized spacial score (nSPS) is 20.2. The summed E-state index contributed by atoms with van der Waals surface area (Å²) in [6.45, 7) is 3.99. The van der Waals surface area contributed by atoms with Crippen LogP contribution in [0.2, 0.25) is 0 Å². The van der Waals surface area contributed by atoms with Gasteiger partial charge in [0.2, 0.25) is 0 Å². The monoisotopic (exact) mass is 343 g/mol. The summed E-state index contributed by atoms with van der Waals surface area (Å²) in [7, 11) is 0. The predicted octanol–water partition coefficient (Wildman–Crippen LogP) is 4.07. The molecule has 0 spiro atoms. The Kier molecular flexibility index (Phi) is 6.46. The fourth-order valence-corrected chi connectivity index (χ4v) is 3.11. The maximum Gasteiger partial charge on any atom is 0.126 e. The molecule has 0 bridgehead atoms. The van der Waals surface area contributed by atoms with Crippen LogP contribution in [0.5, 0.6) is 0 Å². The van der Waals surface area contributed by atoms with Crippen LogP contribution in [0, 0.1) is 5.82 Å². The highest BCUT2D eigenvalue weighted by Gasteiger charge is 2.21. The highest BCUT2D eigenvalue weighted by molar-refractivity contribution is 9.10. The van der Waals surface area contributed by atoms with Crippen LogP contribution in [-0.2, 0) is 11.2 Å². The zero-order chi connectivity index (χ0) is 14.4. The maximum absolute atomic E-state index is 13.9. The van der Waals surface area contributed by atoms with Gasteiger partial charge in [-0.05, 0) is 62.4 Å². The predicted molar refractivity (Wildman–Crippen MR) is 83.5 cm³/mol. The summed E-state index contributed by atoms with van der Waals surface area (Å²) in [6.07, 6.45) is 5.38. The van der Waals surface area contributed by atoms with E-state index in [1.54, 1.807) is 6.07 Å². The van der Waals surface area contributed by atoms with Gasteiger partial charge < -0.3 is 10.1 Å². The minimum Gasteiger partial charge on any atom is -0.378 e. The van der Waals surface area contributed by atoms with Gasteiger partial charge >= 0.3 is 0 Å². The molecule has 20 heavy (non-hydrogen) atoms. The van der Waals surface area contributed by atoms with Gasteiger partial charge in [0.05, 0.1) is 6.10 Å². The Morgan fingerprint density at radius 2 is 2.35 bits per heavy atom. The van der Waals surface area contributed by atoms with Crippen LogP contribution >= 0.6 is 15.9 Å². The Bertz CT molecular complexity index is 421. The molecule has 0 aliphatic carbocycles. The first-order valence-electron chi connectivity index (χ1n) is 7.48. The van der Waals surface area contributed by atoms with Gasteiger partial charge in [0.1, 0.15) is 5.82 Å². The van der Waals surface area contributed by atoms with E-state index in [1.165, 1.54) is 6.07 Å². The summed E-state index contributed by atoms with van der Waals surface area (Å²) in [4.78, 5) is 0. The van der Waals surface area contributed by atoms with Crippen molar-refractivity contribution >= 4 is 15.9 Å². The molecule has 2 nitrogen and oxygen atoms in total. The highest BCUT2D eigenvalue weighted by Crippen LogP contribution is 2.21. The Hall–Kier alpha value is -0.450. The lowest BCUT2D eigenvalue weighted by Crippen LogP contribution is -2.35. The Balaban J connectivity index is 1.99. The molecule has 1 aliphatic rings. The molecule has 1 aromatic rings. The number of rotatable bonds is 7. The fraction of sp³-hybridized carbons (Fsp3) is 0.625. The van der Waals surface area contributed by atoms with Crippen LogP contribution < -0.4 is 5.32 Å². The molecule has 0 amide bonds. The van der Waals surface area contributed by atoms with Gasteiger partial charge in [0.25, 0.3) is 0 Å². The van der Waals surface area contributed by atoms with E-state index in [0.29, 0.717) is 12.5 Å². The molecule has 0 saturated carbocycles. The van der Waals surface area contributed by atoms with Crippen LogP contribution in [0.15, 0.2) is 22.7 Å². The Morgan fingerprint density at radius 3 is 3.05 bits per heavy atom. The first kappa shape index (κ1) is 15.9. The van der Waals surface area contributed by atoms with E-state index in [-0.39, 0.29) is 11.9 Å². The van der Waals surface area contributed by atoms with Crippen molar-refractivity contribution in [3.63, 3.8) is 0 Å². The van der Waals surface area contributed by atoms with Crippen molar-refractivity contribution in [3.8, 4) is 0 Å². The van der Waals surface area contributed by atoms with Crippen LogP contribution in [0.4, 0.5) is 4.39 Å². The van der Waals surface area contributed by atoms with Gasteiger partial charge in [0.15, 0.2) is 0 Å². The number of benzene rings is 1. The smallest absolute Gasteiger partial charge is 0.126 e.